The van der Waals surface area contributed by atoms with Crippen LogP contribution in [0.5, 0.6) is 0 Å². The summed E-state index contributed by atoms with van der Waals surface area (Å²) < 4.78 is 0. The first-order chi connectivity index (χ1) is 68.4. The largest absolute Gasteiger partial charge is 0.310 e. The quantitative estimate of drug-likeness (QED) is 0.118. The average molecular weight is 1760 g/mol. The van der Waals surface area contributed by atoms with Crippen LogP contribution in [0, 0.1) is 0 Å². The van der Waals surface area contributed by atoms with E-state index in [0.29, 0.717) is 5.82 Å². The number of anilines is 6. The van der Waals surface area contributed by atoms with Crippen LogP contribution in [0.2, 0.25) is 0 Å². The predicted molar refractivity (Wildman–Crippen MR) is 567 cm³/mol. The van der Waals surface area contributed by atoms with Gasteiger partial charge in [-0.05, 0) is 203 Å². The number of rotatable bonds is 11. The average Bonchev–Trinajstić information content (AvgIpc) is 1.52. The number of pyridine rings is 2. The van der Waals surface area contributed by atoms with Gasteiger partial charge in [0.15, 0.2) is 11.6 Å². The molecule has 0 unspecified atom stereocenters. The Bertz CT molecular complexity index is 8840. The van der Waals surface area contributed by atoms with Gasteiger partial charge in [-0.15, -0.1) is 0 Å². The summed E-state index contributed by atoms with van der Waals surface area (Å²) in [6.45, 7) is 0. The molecule has 0 saturated carbocycles. The molecule has 6 heterocycles. The minimum Gasteiger partial charge on any atom is -0.310 e. The van der Waals surface area contributed by atoms with Gasteiger partial charge in [0.05, 0.1) is 78.6 Å². The fraction of sp³-hybridized carbons (Fsp3) is 0.0154. The Balaban J connectivity index is 0.000000139. The van der Waals surface area contributed by atoms with E-state index in [1.807, 2.05) is 48.5 Å². The van der Waals surface area contributed by atoms with Crippen molar-refractivity contribution in [2.24, 2.45) is 0 Å². The third-order valence-electron chi connectivity index (χ3n) is 28.7. The number of nitrogens with zero attached hydrogens (tertiary/aromatic N) is 8. The van der Waals surface area contributed by atoms with Crippen LogP contribution in [-0.2, 0) is 10.8 Å². The van der Waals surface area contributed by atoms with Crippen molar-refractivity contribution in [2.45, 2.75) is 10.8 Å². The van der Waals surface area contributed by atoms with Gasteiger partial charge in [-0.25, -0.2) is 29.9 Å². The van der Waals surface area contributed by atoms with Crippen molar-refractivity contribution >= 4 is 88.4 Å². The molecule has 0 fully saturated rings. The lowest BCUT2D eigenvalue weighted by atomic mass is 9.64. The molecule has 4 aromatic heterocycles. The van der Waals surface area contributed by atoms with Crippen LogP contribution < -0.4 is 9.80 Å². The van der Waals surface area contributed by atoms with E-state index in [4.69, 9.17) is 29.9 Å². The Labute approximate surface area is 798 Å². The first-order valence-corrected chi connectivity index (χ1v) is 47.2. The molecular formula is C130H82N8. The zero-order valence-electron chi connectivity index (χ0n) is 74.9. The lowest BCUT2D eigenvalue weighted by molar-refractivity contribution is 0.754. The van der Waals surface area contributed by atoms with Gasteiger partial charge in [-0.3, -0.25) is 0 Å². The van der Waals surface area contributed by atoms with Gasteiger partial charge in [0.2, 0.25) is 0 Å². The summed E-state index contributed by atoms with van der Waals surface area (Å²) in [6, 6.07) is 180. The molecule has 2 spiro atoms. The zero-order chi connectivity index (χ0) is 90.9. The van der Waals surface area contributed by atoms with Crippen LogP contribution >= 0.6 is 0 Å². The molecule has 2 aliphatic carbocycles. The Kier molecular flexibility index (Phi) is 18.6. The second-order valence-corrected chi connectivity index (χ2v) is 36.1. The molecule has 20 aromatic carbocycles. The number of benzene rings is 20. The third kappa shape index (κ3) is 12.5. The van der Waals surface area contributed by atoms with E-state index >= 15 is 0 Å². The highest BCUT2D eigenvalue weighted by Crippen LogP contribution is 2.68. The van der Waals surface area contributed by atoms with Crippen LogP contribution in [0.25, 0.3) is 178 Å². The fourth-order valence-corrected chi connectivity index (χ4v) is 22.7. The highest BCUT2D eigenvalue weighted by atomic mass is 15.2. The smallest absolute Gasteiger partial charge is 0.160 e. The minimum absolute atomic E-state index is 0.628. The summed E-state index contributed by atoms with van der Waals surface area (Å²) >= 11 is 0. The van der Waals surface area contributed by atoms with Crippen LogP contribution in [0.15, 0.2) is 497 Å². The molecular weight excluding hydrogens is 1670 g/mol. The molecule has 4 aliphatic rings. The Morgan fingerprint density at radius 1 is 0.159 bits per heavy atom. The van der Waals surface area contributed by atoms with Crippen LogP contribution in [0.3, 0.4) is 0 Å². The lowest BCUT2D eigenvalue weighted by Crippen LogP contribution is -2.36. The number of hydrogen-bond donors (Lipinski definition) is 0. The van der Waals surface area contributed by atoms with E-state index in [1.165, 1.54) is 106 Å². The summed E-state index contributed by atoms with van der Waals surface area (Å²) in [5.74, 6) is 1.42. The second kappa shape index (κ2) is 32.3. The Morgan fingerprint density at radius 3 is 0.986 bits per heavy atom. The van der Waals surface area contributed by atoms with Crippen molar-refractivity contribution in [1.29, 1.82) is 0 Å². The zero-order valence-corrected chi connectivity index (χ0v) is 74.9. The molecule has 8 heteroatoms. The first-order valence-electron chi connectivity index (χ1n) is 47.2. The van der Waals surface area contributed by atoms with Crippen LogP contribution in [0.1, 0.15) is 44.5 Å². The molecule has 0 bridgehead atoms. The van der Waals surface area contributed by atoms with Crippen molar-refractivity contribution < 1.29 is 0 Å². The Morgan fingerprint density at radius 2 is 0.493 bits per heavy atom. The normalized spacial score (nSPS) is 13.0. The molecule has 0 atom stereocenters. The number of fused-ring (bicyclic) bond motifs is 25. The van der Waals surface area contributed by atoms with E-state index in [1.54, 1.807) is 0 Å². The number of hydrogen-bond acceptors (Lipinski definition) is 8. The Hall–Kier alpha value is -18.2. The molecule has 8 nitrogen and oxygen atoms in total. The first kappa shape index (κ1) is 79.5. The highest BCUT2D eigenvalue weighted by Gasteiger charge is 2.55. The van der Waals surface area contributed by atoms with Crippen molar-refractivity contribution in [3.05, 3.63) is 542 Å². The monoisotopic (exact) mass is 1750 g/mol. The molecule has 24 aromatic rings. The summed E-state index contributed by atoms with van der Waals surface area (Å²) in [4.78, 5) is 36.1. The van der Waals surface area contributed by atoms with Gasteiger partial charge in [-0.2, -0.15) is 0 Å². The van der Waals surface area contributed by atoms with Gasteiger partial charge < -0.3 is 9.80 Å². The second-order valence-electron chi connectivity index (χ2n) is 36.1. The van der Waals surface area contributed by atoms with Crippen molar-refractivity contribution in [3.63, 3.8) is 0 Å². The van der Waals surface area contributed by atoms with Gasteiger partial charge in [0, 0.05) is 77.3 Å². The molecule has 642 valence electrons. The SMILES string of the molecule is c1ccc(-c2cc(-c3ccc(-c4ccc5c(c4)-c4cc6c(-c7ccccc7)nc7ccccc7c6cc4C54c5ccccc5N(c5ccccc5)c5ccccc54)cc3)nc(-c3ccccc3)n2)cc1.c1ccc(-c2nc(-c3ccc(-c4cccc5c4-c4cc6c(-c7ccccc7)nc7ccccc7c6cc4C54c5ccccc5N(c5ccccc5)c5ccccc54)cc3)c3ccccc3n2)cc1. The molecule has 0 N–H and O–H groups in total. The molecule has 138 heavy (non-hydrogen) atoms. The van der Waals surface area contributed by atoms with Crippen molar-refractivity contribution in [3.8, 4) is 124 Å². The summed E-state index contributed by atoms with van der Waals surface area (Å²) in [5.41, 5.74) is 40.1. The maximum Gasteiger partial charge on any atom is 0.160 e. The van der Waals surface area contributed by atoms with Gasteiger partial charge in [0.25, 0.3) is 0 Å². The van der Waals surface area contributed by atoms with Crippen LogP contribution in [0.4, 0.5) is 34.1 Å². The van der Waals surface area contributed by atoms with E-state index in [9.17, 15) is 0 Å². The lowest BCUT2D eigenvalue weighted by Gasteiger charge is -2.45. The van der Waals surface area contributed by atoms with E-state index in [2.05, 4.69) is 459 Å². The summed E-state index contributed by atoms with van der Waals surface area (Å²) in [6.07, 6.45) is 0. The number of para-hydroxylation sites is 9. The summed E-state index contributed by atoms with van der Waals surface area (Å²) in [7, 11) is 0. The van der Waals surface area contributed by atoms with Gasteiger partial charge in [-0.1, -0.05) is 394 Å². The van der Waals surface area contributed by atoms with Gasteiger partial charge in [0.1, 0.15) is 0 Å². The molecule has 0 saturated heterocycles. The topological polar surface area (TPSA) is 83.8 Å². The minimum atomic E-state index is -0.654. The van der Waals surface area contributed by atoms with Gasteiger partial charge >= 0.3 is 0 Å². The molecule has 28 rings (SSSR count). The predicted octanol–water partition coefficient (Wildman–Crippen LogP) is 32.8. The molecule has 0 radical (unpaired) electrons. The fourth-order valence-electron chi connectivity index (χ4n) is 22.7. The van der Waals surface area contributed by atoms with Crippen molar-refractivity contribution in [2.75, 3.05) is 9.80 Å². The maximum atomic E-state index is 5.42. The third-order valence-corrected chi connectivity index (χ3v) is 28.7. The number of aromatic nitrogens is 6. The standard InChI is InChI=1S/C66H42N4.C64H40N4/c1-5-19-44(20-6-1)60-42-61(69-65(68-60)47-23-9-3-10-24-47)45-35-33-43(34-36-45)48-37-38-55-52(39-48)53-40-54-51(50-27-13-16-30-59(50)67-64(54)46-21-7-2-8-22-46)41-58(53)66(55)56-28-14-17-31-62(56)70(49-25-11-4-12-26-49)63-32-18-15-29-57(63)66;1-4-19-42(20-5-1)62-50-39-51-55(40-49(50)47-25-10-14-31-56(47)65-62)64(52-28-12-16-33-58(52)68(45-23-8-3-9-24-45)59-34-17-13-29-53(59)64)54-30-18-27-46(60(51)54)41-35-37-43(38-36-41)61-48-26-11-15-32-57(48)66-63(67-61)44-21-6-2-7-22-44/h1-42H;1-40H. The van der Waals surface area contributed by atoms with Crippen LogP contribution in [-0.4, -0.2) is 29.9 Å². The molecule has 0 amide bonds. The maximum absolute atomic E-state index is 5.42. The highest BCUT2D eigenvalue weighted by molar-refractivity contribution is 6.17. The van der Waals surface area contributed by atoms with E-state index < -0.39 is 10.8 Å². The van der Waals surface area contributed by atoms with Crippen molar-refractivity contribution in [1.82, 2.24) is 29.9 Å². The summed E-state index contributed by atoms with van der Waals surface area (Å²) in [5, 5.41) is 7.97. The molecule has 2 aliphatic heterocycles. The van der Waals surface area contributed by atoms with E-state index in [0.717, 1.165) is 145 Å². The van der Waals surface area contributed by atoms with E-state index in [-0.39, 0.29) is 0 Å².